The maximum atomic E-state index is 12.8. The van der Waals surface area contributed by atoms with Gasteiger partial charge >= 0.3 is 6.18 Å². The van der Waals surface area contributed by atoms with E-state index >= 15 is 0 Å². The normalized spacial score (nSPS) is 12.2. The molecule has 0 amide bonds. The summed E-state index contributed by atoms with van der Waals surface area (Å²) in [4.78, 5) is 11.3. The summed E-state index contributed by atoms with van der Waals surface area (Å²) in [6.45, 7) is 1.63. The largest absolute Gasteiger partial charge is 0.417 e. The van der Waals surface area contributed by atoms with Gasteiger partial charge in [-0.15, -0.1) is 0 Å². The highest BCUT2D eigenvalue weighted by Crippen LogP contribution is 2.38. The Balaban J connectivity index is 2.26. The topological polar surface area (TPSA) is 125 Å². The van der Waals surface area contributed by atoms with Crippen LogP contribution in [-0.4, -0.2) is 23.4 Å². The van der Waals surface area contributed by atoms with Crippen molar-refractivity contribution < 1.29 is 21.6 Å². The summed E-state index contributed by atoms with van der Waals surface area (Å²) < 4.78 is 62.4. The number of rotatable bonds is 3. The molecule has 1 aromatic carbocycles. The first-order valence-corrected chi connectivity index (χ1v) is 9.80. The molecule has 0 fully saturated rings. The highest BCUT2D eigenvalue weighted by molar-refractivity contribution is 7.89. The van der Waals surface area contributed by atoms with Gasteiger partial charge in [0.1, 0.15) is 4.90 Å². The molecule has 2 aromatic heterocycles. The number of primary sulfonamides is 1. The van der Waals surface area contributed by atoms with Crippen LogP contribution in [0.5, 0.6) is 0 Å². The molecule has 0 aliphatic rings. The lowest BCUT2D eigenvalue weighted by molar-refractivity contribution is -0.137. The van der Waals surface area contributed by atoms with Crippen molar-refractivity contribution >= 4 is 27.6 Å². The molecule has 12 heteroatoms. The van der Waals surface area contributed by atoms with Gasteiger partial charge in [0.2, 0.25) is 16.0 Å². The Morgan fingerprint density at radius 1 is 1.07 bits per heavy atom. The molecular formula is C17H13ClF3N5O2S. The summed E-state index contributed by atoms with van der Waals surface area (Å²) in [5, 5.41) is 5.00. The number of hydrogen-bond donors (Lipinski definition) is 2. The van der Waals surface area contributed by atoms with Crippen LogP contribution in [-0.2, 0) is 16.2 Å². The van der Waals surface area contributed by atoms with Gasteiger partial charge in [0.15, 0.2) is 0 Å². The van der Waals surface area contributed by atoms with Crippen LogP contribution in [0.25, 0.3) is 22.4 Å². The maximum Gasteiger partial charge on any atom is 0.417 e. The number of nitrogen functional groups attached to an aromatic ring is 1. The predicted molar refractivity (Wildman–Crippen MR) is 101 cm³/mol. The second-order valence-corrected chi connectivity index (χ2v) is 7.95. The fourth-order valence-corrected chi connectivity index (χ4v) is 3.82. The first-order chi connectivity index (χ1) is 13.4. The average Bonchev–Trinajstić information content (AvgIpc) is 2.61. The van der Waals surface area contributed by atoms with E-state index in [1.165, 1.54) is 18.3 Å². The van der Waals surface area contributed by atoms with Gasteiger partial charge in [-0.3, -0.25) is 4.98 Å². The third kappa shape index (κ3) is 4.31. The van der Waals surface area contributed by atoms with Crippen molar-refractivity contribution in [2.45, 2.75) is 18.0 Å². The number of pyridine rings is 1. The quantitative estimate of drug-likeness (QED) is 0.639. The van der Waals surface area contributed by atoms with Gasteiger partial charge in [0.05, 0.1) is 22.0 Å². The SMILES string of the molecule is Cc1nc(N)ncc1-c1cc(-c2ccc(C(F)(F)F)cn2)c(Cl)c(S(N)(=O)=O)c1. The second kappa shape index (κ2) is 7.25. The van der Waals surface area contributed by atoms with E-state index < -0.39 is 26.7 Å². The third-order valence-corrected chi connectivity index (χ3v) is 5.48. The Morgan fingerprint density at radius 2 is 1.76 bits per heavy atom. The molecule has 3 rings (SSSR count). The smallest absolute Gasteiger partial charge is 0.368 e. The summed E-state index contributed by atoms with van der Waals surface area (Å²) in [5.74, 6) is 0.0245. The molecular weight excluding hydrogens is 431 g/mol. The first-order valence-electron chi connectivity index (χ1n) is 7.87. The summed E-state index contributed by atoms with van der Waals surface area (Å²) in [6, 6.07) is 4.61. The van der Waals surface area contributed by atoms with Crippen LogP contribution in [0.1, 0.15) is 11.3 Å². The van der Waals surface area contributed by atoms with E-state index in [1.54, 1.807) is 6.92 Å². The molecule has 2 heterocycles. The van der Waals surface area contributed by atoms with E-state index in [0.29, 0.717) is 23.0 Å². The van der Waals surface area contributed by atoms with Gasteiger partial charge in [0.25, 0.3) is 0 Å². The van der Waals surface area contributed by atoms with Crippen molar-refractivity contribution in [3.8, 4) is 22.4 Å². The number of halogens is 4. The highest BCUT2D eigenvalue weighted by Gasteiger charge is 2.31. The Hall–Kier alpha value is -2.76. The Kier molecular flexibility index (Phi) is 5.24. The van der Waals surface area contributed by atoms with Crippen LogP contribution in [0.2, 0.25) is 5.02 Å². The average molecular weight is 444 g/mol. The van der Waals surface area contributed by atoms with E-state index in [2.05, 4.69) is 15.0 Å². The molecule has 0 unspecified atom stereocenters. The van der Waals surface area contributed by atoms with Crippen molar-refractivity contribution in [3.05, 3.63) is 52.9 Å². The van der Waals surface area contributed by atoms with Crippen LogP contribution >= 0.6 is 11.6 Å². The van der Waals surface area contributed by atoms with Crippen LogP contribution in [0.15, 0.2) is 41.6 Å². The molecule has 0 spiro atoms. The van der Waals surface area contributed by atoms with Crippen LogP contribution in [0.4, 0.5) is 19.1 Å². The number of hydrogen-bond acceptors (Lipinski definition) is 6. The van der Waals surface area contributed by atoms with Gasteiger partial charge < -0.3 is 5.73 Å². The zero-order valence-electron chi connectivity index (χ0n) is 14.7. The van der Waals surface area contributed by atoms with Crippen LogP contribution < -0.4 is 10.9 Å². The predicted octanol–water partition coefficient (Wildman–Crippen LogP) is 3.42. The lowest BCUT2D eigenvalue weighted by atomic mass is 10.0. The molecule has 0 aliphatic carbocycles. The summed E-state index contributed by atoms with van der Waals surface area (Å²) >= 11 is 6.21. The lowest BCUT2D eigenvalue weighted by Gasteiger charge is -2.14. The van der Waals surface area contributed by atoms with Gasteiger partial charge in [-0.2, -0.15) is 13.2 Å². The molecule has 0 radical (unpaired) electrons. The third-order valence-electron chi connectivity index (χ3n) is 4.02. The van der Waals surface area contributed by atoms with E-state index in [4.69, 9.17) is 22.5 Å². The monoisotopic (exact) mass is 443 g/mol. The fourth-order valence-electron chi connectivity index (χ4n) is 2.64. The number of nitrogens with two attached hydrogens (primary N) is 2. The summed E-state index contributed by atoms with van der Waals surface area (Å²) in [5.41, 5.74) is 5.91. The minimum atomic E-state index is -4.57. The van der Waals surface area contributed by atoms with Gasteiger partial charge in [-0.25, -0.2) is 23.5 Å². The fraction of sp³-hybridized carbons (Fsp3) is 0.118. The van der Waals surface area contributed by atoms with Gasteiger partial charge in [-0.1, -0.05) is 11.6 Å². The van der Waals surface area contributed by atoms with Crippen molar-refractivity contribution in [1.82, 2.24) is 15.0 Å². The van der Waals surface area contributed by atoms with E-state index in [9.17, 15) is 21.6 Å². The summed E-state index contributed by atoms with van der Waals surface area (Å²) in [7, 11) is -4.25. The van der Waals surface area contributed by atoms with E-state index in [0.717, 1.165) is 12.1 Å². The number of nitrogens with zero attached hydrogens (tertiary/aromatic N) is 3. The van der Waals surface area contributed by atoms with Crippen LogP contribution in [0.3, 0.4) is 0 Å². The number of sulfonamides is 1. The molecule has 7 nitrogen and oxygen atoms in total. The molecule has 0 atom stereocenters. The number of benzene rings is 1. The van der Waals surface area contributed by atoms with Crippen molar-refractivity contribution in [3.63, 3.8) is 0 Å². The number of anilines is 1. The molecule has 0 saturated carbocycles. The zero-order valence-corrected chi connectivity index (χ0v) is 16.3. The molecule has 29 heavy (non-hydrogen) atoms. The van der Waals surface area contributed by atoms with Crippen molar-refractivity contribution in [2.24, 2.45) is 5.14 Å². The van der Waals surface area contributed by atoms with Crippen molar-refractivity contribution in [2.75, 3.05) is 5.73 Å². The van der Waals surface area contributed by atoms with Crippen molar-refractivity contribution in [1.29, 1.82) is 0 Å². The molecule has 4 N–H and O–H groups in total. The number of aromatic nitrogens is 3. The Bertz CT molecular complexity index is 1200. The van der Waals surface area contributed by atoms with E-state index in [1.807, 2.05) is 0 Å². The first kappa shape index (κ1) is 21.0. The number of aryl methyl sites for hydroxylation is 1. The molecule has 152 valence electrons. The van der Waals surface area contributed by atoms with E-state index in [-0.39, 0.29) is 22.2 Å². The Morgan fingerprint density at radius 3 is 2.28 bits per heavy atom. The Labute approximate surface area is 168 Å². The minimum absolute atomic E-state index is 0.0245. The highest BCUT2D eigenvalue weighted by atomic mass is 35.5. The maximum absolute atomic E-state index is 12.8. The van der Waals surface area contributed by atoms with Gasteiger partial charge in [-0.05, 0) is 36.8 Å². The second-order valence-electron chi connectivity index (χ2n) is 6.04. The zero-order chi connectivity index (χ0) is 21.6. The number of alkyl halides is 3. The molecule has 0 saturated heterocycles. The van der Waals surface area contributed by atoms with Gasteiger partial charge in [0, 0.05) is 23.5 Å². The summed E-state index contributed by atoms with van der Waals surface area (Å²) in [6.07, 6.45) is -2.55. The standard InChI is InChI=1S/C17H13ClF3N5O2S/c1-8-12(7-25-16(22)26-8)9-4-11(15(18)14(5-9)29(23,27)28)13-3-2-10(6-24-13)17(19,20)21/h2-7H,1H3,(H2,22,25,26)(H2,23,27,28). The lowest BCUT2D eigenvalue weighted by Crippen LogP contribution is -2.13. The molecule has 0 bridgehead atoms. The molecule has 3 aromatic rings. The minimum Gasteiger partial charge on any atom is -0.368 e. The van der Waals surface area contributed by atoms with Crippen LogP contribution in [0, 0.1) is 6.92 Å². The molecule has 0 aliphatic heterocycles.